The highest BCUT2D eigenvalue weighted by Crippen LogP contribution is 2.20. The SMILES string of the molecule is O=c1cc(CNc2cc(F)cc(F)c2)c2ccc(I)cc2[nH]1. The Hall–Kier alpha value is -1.96. The summed E-state index contributed by atoms with van der Waals surface area (Å²) in [6, 6.07) is 10.4. The Kier molecular flexibility index (Phi) is 4.10. The molecule has 1 heterocycles. The van der Waals surface area contributed by atoms with Crippen molar-refractivity contribution in [1.82, 2.24) is 4.98 Å². The standard InChI is InChI=1S/C16H11F2IN2O/c17-10-4-11(18)6-13(5-10)20-8-9-3-16(22)21-15-7-12(19)1-2-14(9)15/h1-7,20H,8H2,(H,21,22). The molecule has 0 atom stereocenters. The van der Waals surface area contributed by atoms with Crippen LogP contribution in [-0.4, -0.2) is 4.98 Å². The second kappa shape index (κ2) is 6.04. The van der Waals surface area contributed by atoms with Crippen molar-refractivity contribution in [2.75, 3.05) is 5.32 Å². The second-order valence-corrected chi connectivity index (χ2v) is 6.11. The van der Waals surface area contributed by atoms with E-state index >= 15 is 0 Å². The van der Waals surface area contributed by atoms with E-state index in [4.69, 9.17) is 0 Å². The highest BCUT2D eigenvalue weighted by Gasteiger charge is 2.05. The third-order valence-corrected chi connectivity index (χ3v) is 3.91. The summed E-state index contributed by atoms with van der Waals surface area (Å²) >= 11 is 2.17. The van der Waals surface area contributed by atoms with Gasteiger partial charge in [0.25, 0.3) is 0 Å². The van der Waals surface area contributed by atoms with Crippen LogP contribution < -0.4 is 10.9 Å². The first kappa shape index (κ1) is 15.0. The van der Waals surface area contributed by atoms with Gasteiger partial charge in [0.1, 0.15) is 11.6 Å². The van der Waals surface area contributed by atoms with Crippen LogP contribution in [0.15, 0.2) is 47.3 Å². The van der Waals surface area contributed by atoms with Gasteiger partial charge in [0.2, 0.25) is 5.56 Å². The summed E-state index contributed by atoms with van der Waals surface area (Å²) in [5, 5.41) is 3.83. The molecule has 2 aromatic carbocycles. The Balaban J connectivity index is 1.95. The quantitative estimate of drug-likeness (QED) is 0.639. The molecule has 1 aromatic heterocycles. The smallest absolute Gasteiger partial charge is 0.248 e. The van der Waals surface area contributed by atoms with Crippen molar-refractivity contribution < 1.29 is 8.78 Å². The summed E-state index contributed by atoms with van der Waals surface area (Å²) in [6.07, 6.45) is 0. The predicted octanol–water partition coefficient (Wildman–Crippen LogP) is 4.02. The molecule has 0 spiro atoms. The molecule has 112 valence electrons. The largest absolute Gasteiger partial charge is 0.381 e. The third kappa shape index (κ3) is 3.27. The van der Waals surface area contributed by atoms with Gasteiger partial charge in [-0.15, -0.1) is 0 Å². The van der Waals surface area contributed by atoms with Crippen LogP contribution in [0.4, 0.5) is 14.5 Å². The van der Waals surface area contributed by atoms with E-state index in [1.165, 1.54) is 18.2 Å². The Morgan fingerprint density at radius 2 is 1.77 bits per heavy atom. The van der Waals surface area contributed by atoms with Crippen LogP contribution in [0.25, 0.3) is 10.9 Å². The Bertz CT molecular complexity index is 888. The van der Waals surface area contributed by atoms with Crippen LogP contribution in [0.2, 0.25) is 0 Å². The number of anilines is 1. The van der Waals surface area contributed by atoms with Gasteiger partial charge in [-0.05, 0) is 52.4 Å². The maximum atomic E-state index is 13.2. The molecular weight excluding hydrogens is 401 g/mol. The summed E-state index contributed by atoms with van der Waals surface area (Å²) in [6.45, 7) is 0.296. The number of hydrogen-bond acceptors (Lipinski definition) is 2. The normalized spacial score (nSPS) is 10.9. The van der Waals surface area contributed by atoms with Crippen molar-refractivity contribution >= 4 is 39.2 Å². The average molecular weight is 412 g/mol. The summed E-state index contributed by atoms with van der Waals surface area (Å²) in [5.74, 6) is -1.29. The summed E-state index contributed by atoms with van der Waals surface area (Å²) in [4.78, 5) is 14.5. The minimum Gasteiger partial charge on any atom is -0.381 e. The lowest BCUT2D eigenvalue weighted by molar-refractivity contribution is 0.584. The molecule has 2 N–H and O–H groups in total. The average Bonchev–Trinajstić information content (AvgIpc) is 2.43. The molecule has 0 aliphatic rings. The first-order chi connectivity index (χ1) is 10.5. The number of aromatic nitrogens is 1. The van der Waals surface area contributed by atoms with Crippen molar-refractivity contribution in [2.45, 2.75) is 6.54 Å². The molecular formula is C16H11F2IN2O. The van der Waals surface area contributed by atoms with Crippen molar-refractivity contribution in [3.63, 3.8) is 0 Å². The van der Waals surface area contributed by atoms with E-state index in [9.17, 15) is 13.6 Å². The summed E-state index contributed by atoms with van der Waals surface area (Å²) < 4.78 is 27.4. The topological polar surface area (TPSA) is 44.9 Å². The molecule has 0 bridgehead atoms. The number of halogens is 3. The zero-order chi connectivity index (χ0) is 15.7. The monoisotopic (exact) mass is 412 g/mol. The van der Waals surface area contributed by atoms with Crippen LogP contribution in [-0.2, 0) is 6.54 Å². The lowest BCUT2D eigenvalue weighted by Gasteiger charge is -2.10. The number of nitrogens with one attached hydrogen (secondary N) is 2. The van der Waals surface area contributed by atoms with Crippen molar-refractivity contribution in [2.24, 2.45) is 0 Å². The van der Waals surface area contributed by atoms with E-state index < -0.39 is 11.6 Å². The minimum absolute atomic E-state index is 0.211. The van der Waals surface area contributed by atoms with Crippen LogP contribution in [0.3, 0.4) is 0 Å². The molecule has 0 unspecified atom stereocenters. The van der Waals surface area contributed by atoms with Crippen LogP contribution in [0.1, 0.15) is 5.56 Å². The molecule has 3 aromatic rings. The minimum atomic E-state index is -0.646. The molecule has 0 radical (unpaired) electrons. The fourth-order valence-corrected chi connectivity index (χ4v) is 2.80. The molecule has 0 saturated carbocycles. The molecule has 3 rings (SSSR count). The fraction of sp³-hybridized carbons (Fsp3) is 0.0625. The summed E-state index contributed by atoms with van der Waals surface area (Å²) in [7, 11) is 0. The van der Waals surface area contributed by atoms with E-state index in [2.05, 4.69) is 32.9 Å². The molecule has 0 aliphatic carbocycles. The molecule has 0 saturated heterocycles. The Labute approximate surface area is 138 Å². The van der Waals surface area contributed by atoms with Gasteiger partial charge in [-0.2, -0.15) is 0 Å². The van der Waals surface area contributed by atoms with Gasteiger partial charge in [0.15, 0.2) is 0 Å². The highest BCUT2D eigenvalue weighted by atomic mass is 127. The Morgan fingerprint density at radius 3 is 2.50 bits per heavy atom. The summed E-state index contributed by atoms with van der Waals surface area (Å²) in [5.41, 5.74) is 1.62. The van der Waals surface area contributed by atoms with E-state index in [1.807, 2.05) is 18.2 Å². The molecule has 22 heavy (non-hydrogen) atoms. The molecule has 0 fully saturated rings. The molecule has 0 aliphatic heterocycles. The van der Waals surface area contributed by atoms with Gasteiger partial charge in [-0.1, -0.05) is 6.07 Å². The fourth-order valence-electron chi connectivity index (χ4n) is 2.30. The Morgan fingerprint density at radius 1 is 1.05 bits per heavy atom. The van der Waals surface area contributed by atoms with Crippen molar-refractivity contribution in [3.05, 3.63) is 73.6 Å². The van der Waals surface area contributed by atoms with Gasteiger partial charge < -0.3 is 10.3 Å². The van der Waals surface area contributed by atoms with Crippen LogP contribution in [0, 0.1) is 15.2 Å². The highest BCUT2D eigenvalue weighted by molar-refractivity contribution is 14.1. The zero-order valence-corrected chi connectivity index (χ0v) is 13.4. The van der Waals surface area contributed by atoms with E-state index in [-0.39, 0.29) is 5.56 Å². The van der Waals surface area contributed by atoms with Crippen molar-refractivity contribution in [3.8, 4) is 0 Å². The van der Waals surface area contributed by atoms with Gasteiger partial charge in [0, 0.05) is 38.8 Å². The number of aromatic amines is 1. The number of rotatable bonds is 3. The molecule has 6 heteroatoms. The predicted molar refractivity (Wildman–Crippen MR) is 91.0 cm³/mol. The molecule has 0 amide bonds. The number of H-pyrrole nitrogens is 1. The van der Waals surface area contributed by atoms with Gasteiger partial charge in [-0.25, -0.2) is 8.78 Å². The van der Waals surface area contributed by atoms with Gasteiger partial charge in [-0.3, -0.25) is 4.79 Å². The van der Waals surface area contributed by atoms with Crippen molar-refractivity contribution in [1.29, 1.82) is 0 Å². The lowest BCUT2D eigenvalue weighted by atomic mass is 10.1. The maximum absolute atomic E-state index is 13.2. The molecule has 3 nitrogen and oxygen atoms in total. The van der Waals surface area contributed by atoms with E-state index in [0.29, 0.717) is 12.2 Å². The number of benzene rings is 2. The van der Waals surface area contributed by atoms with E-state index in [0.717, 1.165) is 26.1 Å². The first-order valence-corrected chi connectivity index (χ1v) is 7.60. The lowest BCUT2D eigenvalue weighted by Crippen LogP contribution is -2.09. The third-order valence-electron chi connectivity index (χ3n) is 3.24. The van der Waals surface area contributed by atoms with E-state index in [1.54, 1.807) is 0 Å². The second-order valence-electron chi connectivity index (χ2n) is 4.86. The van der Waals surface area contributed by atoms with Crippen LogP contribution >= 0.6 is 22.6 Å². The number of hydrogen-bond donors (Lipinski definition) is 2. The number of pyridine rings is 1. The van der Waals surface area contributed by atoms with Gasteiger partial charge in [0.05, 0.1) is 0 Å². The first-order valence-electron chi connectivity index (χ1n) is 6.53. The maximum Gasteiger partial charge on any atom is 0.248 e. The number of fused-ring (bicyclic) bond motifs is 1. The van der Waals surface area contributed by atoms with Crippen LogP contribution in [0.5, 0.6) is 0 Å². The van der Waals surface area contributed by atoms with Gasteiger partial charge >= 0.3 is 0 Å². The zero-order valence-electron chi connectivity index (χ0n) is 11.3.